The number of benzene rings is 2. The topological polar surface area (TPSA) is 78.2 Å². The number of hydrogen-bond acceptors (Lipinski definition) is 7. The second-order valence-electron chi connectivity index (χ2n) is 14.0. The summed E-state index contributed by atoms with van der Waals surface area (Å²) in [5.74, 6) is -0.389. The summed E-state index contributed by atoms with van der Waals surface area (Å²) in [6, 6.07) is 13.2. The van der Waals surface area contributed by atoms with Crippen LogP contribution in [-0.2, 0) is 38.5 Å². The molecular weight excluding hydrogens is 611 g/mol. The van der Waals surface area contributed by atoms with E-state index in [9.17, 15) is 14.0 Å². The van der Waals surface area contributed by atoms with E-state index >= 15 is 0 Å². The molecule has 0 saturated carbocycles. The molecule has 2 aromatic carbocycles. The van der Waals surface area contributed by atoms with Crippen LogP contribution < -0.4 is 5.69 Å². The minimum absolute atomic E-state index is 0.0234. The number of carbonyl (C=O) groups is 1. The molecule has 1 aliphatic carbocycles. The van der Waals surface area contributed by atoms with Gasteiger partial charge in [0, 0.05) is 58.7 Å². The molecule has 1 fully saturated rings. The van der Waals surface area contributed by atoms with Crippen molar-refractivity contribution in [3.63, 3.8) is 0 Å². The molecule has 1 aromatic heterocycles. The number of nitrogens with zero attached hydrogens (tertiary/aromatic N) is 4. The summed E-state index contributed by atoms with van der Waals surface area (Å²) in [5.41, 5.74) is 3.54. The molecule has 2 aliphatic rings. The Morgan fingerprint density at radius 1 is 1.00 bits per heavy atom. The number of aromatic nitrogens is 2. The summed E-state index contributed by atoms with van der Waals surface area (Å²) in [5, 5.41) is 0. The standard InChI is InChI=1S/C38H55FN4O5/c1-29(2)36-32-14-13-31(39)27-30(32)15-16-38(36,48-35(44)28-46-4)17-20-40(3)18-9-5-6-10-19-42-33-11-7-8-12-34(33)43(37(42)45)22-21-41-23-25-47-26-24-41/h7-8,11-14,27,29,36H,5-6,9-10,15-26,28H2,1-4H3/t36-,38-/m0/s1. The normalized spacial score (nSPS) is 20.1. The lowest BCUT2D eigenvalue weighted by Crippen LogP contribution is -2.49. The Bertz CT molecular complexity index is 1550. The minimum Gasteiger partial charge on any atom is -0.457 e. The molecule has 9 nitrogen and oxygen atoms in total. The van der Waals surface area contributed by atoms with Gasteiger partial charge < -0.3 is 19.1 Å². The Morgan fingerprint density at radius 3 is 2.42 bits per heavy atom. The number of fused-ring (bicyclic) bond motifs is 2. The van der Waals surface area contributed by atoms with Gasteiger partial charge in [0.1, 0.15) is 18.0 Å². The van der Waals surface area contributed by atoms with Gasteiger partial charge in [-0.2, -0.15) is 0 Å². The number of para-hydroxylation sites is 2. The summed E-state index contributed by atoms with van der Waals surface area (Å²) in [4.78, 5) is 31.0. The van der Waals surface area contributed by atoms with Gasteiger partial charge in [0.05, 0.1) is 24.2 Å². The molecule has 264 valence electrons. The number of aryl methyl sites for hydroxylation is 2. The number of ether oxygens (including phenoxy) is 3. The van der Waals surface area contributed by atoms with Gasteiger partial charge in [0.25, 0.3) is 0 Å². The third kappa shape index (κ3) is 8.75. The number of esters is 1. The fourth-order valence-electron chi connectivity index (χ4n) is 7.93. The van der Waals surface area contributed by atoms with Gasteiger partial charge in [-0.25, -0.2) is 14.0 Å². The average Bonchev–Trinajstić information content (AvgIpc) is 3.34. The number of rotatable bonds is 17. The molecule has 0 N–H and O–H groups in total. The molecule has 2 heterocycles. The smallest absolute Gasteiger partial charge is 0.332 e. The number of carbonyl (C=O) groups excluding carboxylic acids is 1. The van der Waals surface area contributed by atoms with Gasteiger partial charge in [-0.3, -0.25) is 14.0 Å². The molecule has 0 spiro atoms. The van der Waals surface area contributed by atoms with E-state index in [1.807, 2.05) is 27.3 Å². The van der Waals surface area contributed by atoms with Crippen molar-refractivity contribution in [3.8, 4) is 0 Å². The van der Waals surface area contributed by atoms with Crippen LogP contribution in [0, 0.1) is 11.7 Å². The van der Waals surface area contributed by atoms with E-state index in [-0.39, 0.29) is 35.9 Å². The van der Waals surface area contributed by atoms with Gasteiger partial charge >= 0.3 is 11.7 Å². The summed E-state index contributed by atoms with van der Waals surface area (Å²) in [6.45, 7) is 11.6. The second-order valence-corrected chi connectivity index (χ2v) is 14.0. The van der Waals surface area contributed by atoms with Crippen LogP contribution in [-0.4, -0.2) is 97.2 Å². The highest BCUT2D eigenvalue weighted by Crippen LogP contribution is 2.48. The van der Waals surface area contributed by atoms with E-state index in [0.717, 1.165) is 100 Å². The lowest BCUT2D eigenvalue weighted by molar-refractivity contribution is -0.172. The van der Waals surface area contributed by atoms with Gasteiger partial charge in [0.2, 0.25) is 0 Å². The van der Waals surface area contributed by atoms with Crippen LogP contribution in [0.5, 0.6) is 0 Å². The Morgan fingerprint density at radius 2 is 1.71 bits per heavy atom. The van der Waals surface area contributed by atoms with Crippen molar-refractivity contribution in [2.45, 2.75) is 83.4 Å². The quantitative estimate of drug-likeness (QED) is 0.140. The minimum atomic E-state index is -0.669. The lowest BCUT2D eigenvalue weighted by atomic mass is 9.65. The lowest BCUT2D eigenvalue weighted by Gasteiger charge is -2.47. The average molecular weight is 667 g/mol. The predicted octanol–water partition coefficient (Wildman–Crippen LogP) is 5.47. The Labute approximate surface area is 284 Å². The van der Waals surface area contributed by atoms with Crippen molar-refractivity contribution in [2.24, 2.45) is 5.92 Å². The monoisotopic (exact) mass is 666 g/mol. The zero-order valence-electron chi connectivity index (χ0n) is 29.4. The van der Waals surface area contributed by atoms with Crippen molar-refractivity contribution >= 4 is 17.0 Å². The van der Waals surface area contributed by atoms with Crippen LogP contribution in [0.4, 0.5) is 4.39 Å². The first-order valence-electron chi connectivity index (χ1n) is 17.9. The summed E-state index contributed by atoms with van der Waals surface area (Å²) >= 11 is 0. The van der Waals surface area contributed by atoms with Crippen LogP contribution in [0.3, 0.4) is 0 Å². The predicted molar refractivity (Wildman–Crippen MR) is 187 cm³/mol. The molecule has 0 bridgehead atoms. The Balaban J connectivity index is 1.12. The Hall–Kier alpha value is -3.05. The van der Waals surface area contributed by atoms with Crippen molar-refractivity contribution < 1.29 is 23.4 Å². The SMILES string of the molecule is COCC(=O)O[C@]1(CCN(C)CCCCCCn2c(=O)n(CCN3CCOCC3)c3ccccc32)CCc2cc(F)ccc2[C@@H]1C(C)C. The second kappa shape index (κ2) is 17.1. The number of halogens is 1. The molecule has 5 rings (SSSR count). The number of morpholine rings is 1. The van der Waals surface area contributed by atoms with E-state index < -0.39 is 5.60 Å². The zero-order valence-corrected chi connectivity index (χ0v) is 29.4. The fourth-order valence-corrected chi connectivity index (χ4v) is 7.93. The number of methoxy groups -OCH3 is 1. The highest BCUT2D eigenvalue weighted by molar-refractivity contribution is 5.76. The van der Waals surface area contributed by atoms with E-state index in [2.05, 4.69) is 42.8 Å². The van der Waals surface area contributed by atoms with Crippen LogP contribution in [0.2, 0.25) is 0 Å². The highest BCUT2D eigenvalue weighted by Gasteiger charge is 2.47. The first kappa shape index (κ1) is 36.2. The van der Waals surface area contributed by atoms with E-state index in [1.165, 1.54) is 13.2 Å². The largest absolute Gasteiger partial charge is 0.457 e. The molecule has 1 aliphatic heterocycles. The number of imidazole rings is 1. The van der Waals surface area contributed by atoms with Crippen LogP contribution in [0.25, 0.3) is 11.0 Å². The molecule has 10 heteroatoms. The molecule has 3 aromatic rings. The van der Waals surface area contributed by atoms with Crippen LogP contribution in [0.1, 0.15) is 69.4 Å². The fraction of sp³-hybridized carbons (Fsp3) is 0.632. The third-order valence-electron chi connectivity index (χ3n) is 10.3. The van der Waals surface area contributed by atoms with Crippen molar-refractivity contribution in [1.29, 1.82) is 0 Å². The van der Waals surface area contributed by atoms with Gasteiger partial charge in [-0.15, -0.1) is 0 Å². The first-order chi connectivity index (χ1) is 23.2. The number of hydrogen-bond donors (Lipinski definition) is 0. The molecule has 0 unspecified atom stereocenters. The van der Waals surface area contributed by atoms with Crippen LogP contribution >= 0.6 is 0 Å². The van der Waals surface area contributed by atoms with Gasteiger partial charge in [0.15, 0.2) is 0 Å². The molecule has 48 heavy (non-hydrogen) atoms. The van der Waals surface area contributed by atoms with Gasteiger partial charge in [-0.05, 0) is 80.6 Å². The van der Waals surface area contributed by atoms with Crippen molar-refractivity contribution in [3.05, 3.63) is 69.9 Å². The molecule has 0 amide bonds. The summed E-state index contributed by atoms with van der Waals surface area (Å²) in [6.07, 6.45) is 6.19. The Kier molecular flexibility index (Phi) is 12.9. The maximum atomic E-state index is 14.1. The molecule has 2 atom stereocenters. The zero-order chi connectivity index (χ0) is 34.1. The maximum Gasteiger partial charge on any atom is 0.332 e. The van der Waals surface area contributed by atoms with Crippen LogP contribution in [0.15, 0.2) is 47.3 Å². The highest BCUT2D eigenvalue weighted by atomic mass is 19.1. The maximum absolute atomic E-state index is 14.1. The third-order valence-corrected chi connectivity index (χ3v) is 10.3. The summed E-state index contributed by atoms with van der Waals surface area (Å²) < 4.78 is 34.9. The van der Waals surface area contributed by atoms with E-state index in [0.29, 0.717) is 25.8 Å². The molecule has 1 saturated heterocycles. The first-order valence-corrected chi connectivity index (χ1v) is 17.9. The summed E-state index contributed by atoms with van der Waals surface area (Å²) in [7, 11) is 3.64. The van der Waals surface area contributed by atoms with E-state index in [4.69, 9.17) is 14.2 Å². The van der Waals surface area contributed by atoms with Gasteiger partial charge in [-0.1, -0.05) is 44.9 Å². The van der Waals surface area contributed by atoms with E-state index in [1.54, 1.807) is 6.07 Å². The number of unbranched alkanes of at least 4 members (excludes halogenated alkanes) is 3. The van der Waals surface area contributed by atoms with Crippen molar-refractivity contribution in [2.75, 3.05) is 66.7 Å². The molecule has 0 radical (unpaired) electrons. The molecular formula is C38H55FN4O5. The van der Waals surface area contributed by atoms with Crippen molar-refractivity contribution in [1.82, 2.24) is 18.9 Å².